The number of hydrogen-bond acceptors (Lipinski definition) is 5. The first kappa shape index (κ1) is 47.3. The van der Waals surface area contributed by atoms with E-state index in [0.29, 0.717) is 12.8 Å². The summed E-state index contributed by atoms with van der Waals surface area (Å²) in [7, 11) is 0. The highest BCUT2D eigenvalue weighted by Gasteiger charge is 2.16. The minimum atomic E-state index is -0.786. The molecule has 0 bridgehead atoms. The fourth-order valence-electron chi connectivity index (χ4n) is 5.40. The van der Waals surface area contributed by atoms with Crippen LogP contribution in [0.1, 0.15) is 181 Å². The van der Waals surface area contributed by atoms with Crippen LogP contribution in [0, 0.1) is 0 Å². The molecule has 0 saturated heterocycles. The quantitative estimate of drug-likeness (QED) is 0.0401. The van der Waals surface area contributed by atoms with Crippen molar-refractivity contribution in [1.29, 1.82) is 0 Å². The third-order valence-electron chi connectivity index (χ3n) is 8.48. The van der Waals surface area contributed by atoms with Gasteiger partial charge in [0.15, 0.2) is 6.10 Å². The lowest BCUT2D eigenvalue weighted by Crippen LogP contribution is -2.28. The topological polar surface area (TPSA) is 72.8 Å². The third-order valence-corrected chi connectivity index (χ3v) is 8.48. The van der Waals surface area contributed by atoms with Crippen LogP contribution < -0.4 is 0 Å². The summed E-state index contributed by atoms with van der Waals surface area (Å²) in [6.45, 7) is 3.97. The Kier molecular flexibility index (Phi) is 38.6. The molecule has 0 aliphatic heterocycles. The molecule has 0 spiro atoms. The molecule has 0 aromatic rings. The summed E-state index contributed by atoms with van der Waals surface area (Å²) in [6, 6.07) is 0. The first-order valence-corrected chi connectivity index (χ1v) is 20.5. The maximum absolute atomic E-state index is 12.2. The van der Waals surface area contributed by atoms with E-state index in [1.165, 1.54) is 70.6 Å². The lowest BCUT2D eigenvalue weighted by atomic mass is 10.1. The molecular formula is C45H76O5. The molecule has 0 fully saturated rings. The standard InChI is InChI=1S/C45H76O5/c1-3-5-7-9-11-13-15-17-19-21-22-24-26-28-30-32-34-36-38-40-45(48)50-43(41-46)42-49-44(47)39-37-35-33-31-29-27-25-23-20-18-16-14-12-10-8-6-4-2/h6,8,11-14,17-20,22,24,43,46H,3-5,7,9-10,15-16,21,23,25-42H2,1-2H3/b8-6-,13-11-,14-12-,19-17-,20-18-,24-22-. The zero-order valence-corrected chi connectivity index (χ0v) is 32.4. The molecule has 0 amide bonds. The van der Waals surface area contributed by atoms with Crippen LogP contribution in [0.25, 0.3) is 0 Å². The van der Waals surface area contributed by atoms with Gasteiger partial charge in [0, 0.05) is 12.8 Å². The molecule has 5 heteroatoms. The van der Waals surface area contributed by atoms with Crippen molar-refractivity contribution < 1.29 is 24.2 Å². The number of carbonyl (C=O) groups is 2. The van der Waals surface area contributed by atoms with Gasteiger partial charge >= 0.3 is 11.9 Å². The molecule has 0 aromatic heterocycles. The number of rotatable bonds is 36. The van der Waals surface area contributed by atoms with Crippen molar-refractivity contribution >= 4 is 11.9 Å². The number of carbonyl (C=O) groups excluding carboxylic acids is 2. The maximum Gasteiger partial charge on any atom is 0.306 e. The summed E-state index contributed by atoms with van der Waals surface area (Å²) in [5.74, 6) is -0.621. The lowest BCUT2D eigenvalue weighted by molar-refractivity contribution is -0.161. The summed E-state index contributed by atoms with van der Waals surface area (Å²) in [6.07, 6.45) is 53.9. The highest BCUT2D eigenvalue weighted by molar-refractivity contribution is 5.70. The molecule has 5 nitrogen and oxygen atoms in total. The molecular weight excluding hydrogens is 620 g/mol. The van der Waals surface area contributed by atoms with E-state index in [0.717, 1.165) is 83.5 Å². The molecule has 1 unspecified atom stereocenters. The Balaban J connectivity index is 3.61. The molecule has 0 rings (SSSR count). The van der Waals surface area contributed by atoms with Gasteiger partial charge in [-0.05, 0) is 83.5 Å². The van der Waals surface area contributed by atoms with Crippen LogP contribution in [0.2, 0.25) is 0 Å². The minimum absolute atomic E-state index is 0.0800. The van der Waals surface area contributed by atoms with Gasteiger partial charge in [0.1, 0.15) is 6.61 Å². The number of aliphatic hydroxyl groups is 1. The largest absolute Gasteiger partial charge is 0.462 e. The first-order chi connectivity index (χ1) is 24.6. The molecule has 1 N–H and O–H groups in total. The van der Waals surface area contributed by atoms with Crippen molar-refractivity contribution in [2.45, 2.75) is 187 Å². The van der Waals surface area contributed by atoms with E-state index in [9.17, 15) is 14.7 Å². The van der Waals surface area contributed by atoms with E-state index >= 15 is 0 Å². The van der Waals surface area contributed by atoms with E-state index in [2.05, 4.69) is 86.8 Å². The van der Waals surface area contributed by atoms with Gasteiger partial charge in [-0.1, -0.05) is 157 Å². The molecule has 50 heavy (non-hydrogen) atoms. The van der Waals surface area contributed by atoms with Gasteiger partial charge in [0.05, 0.1) is 6.61 Å². The molecule has 0 heterocycles. The number of aliphatic hydroxyl groups excluding tert-OH is 1. The van der Waals surface area contributed by atoms with Gasteiger partial charge in [-0.3, -0.25) is 9.59 Å². The van der Waals surface area contributed by atoms with Gasteiger partial charge in [0.2, 0.25) is 0 Å². The fraction of sp³-hybridized carbons (Fsp3) is 0.689. The van der Waals surface area contributed by atoms with Gasteiger partial charge in [0.25, 0.3) is 0 Å². The third kappa shape index (κ3) is 38.1. The normalized spacial score (nSPS) is 12.9. The van der Waals surface area contributed by atoms with Gasteiger partial charge < -0.3 is 14.6 Å². The molecule has 0 aliphatic rings. The van der Waals surface area contributed by atoms with Crippen LogP contribution in [0.4, 0.5) is 0 Å². The number of ether oxygens (including phenoxy) is 2. The number of allylic oxidation sites excluding steroid dienone is 12. The molecule has 0 aromatic carbocycles. The van der Waals surface area contributed by atoms with Gasteiger partial charge in [-0.2, -0.15) is 0 Å². The monoisotopic (exact) mass is 697 g/mol. The Labute approximate surface area is 308 Å². The average Bonchev–Trinajstić information content (AvgIpc) is 3.12. The minimum Gasteiger partial charge on any atom is -0.462 e. The summed E-state index contributed by atoms with van der Waals surface area (Å²) in [4.78, 5) is 24.3. The van der Waals surface area contributed by atoms with Gasteiger partial charge in [-0.15, -0.1) is 0 Å². The smallest absolute Gasteiger partial charge is 0.306 e. The predicted octanol–water partition coefficient (Wildman–Crippen LogP) is 13.0. The predicted molar refractivity (Wildman–Crippen MR) is 214 cm³/mol. The number of hydrogen-bond donors (Lipinski definition) is 1. The second kappa shape index (κ2) is 40.8. The molecule has 0 radical (unpaired) electrons. The second-order valence-electron chi connectivity index (χ2n) is 13.3. The van der Waals surface area contributed by atoms with Gasteiger partial charge in [-0.25, -0.2) is 0 Å². The Morgan fingerprint density at radius 1 is 0.480 bits per heavy atom. The maximum atomic E-state index is 12.2. The Bertz CT molecular complexity index is 926. The SMILES string of the molecule is CC/C=C\C/C=C\C/C=C\CCCCCCCCCC(=O)OCC(CO)OC(=O)CCCCCCCC/C=C\C/C=C\C/C=C\CCCCC. The Hall–Kier alpha value is -2.66. The van der Waals surface area contributed by atoms with E-state index in [-0.39, 0.29) is 25.2 Å². The van der Waals surface area contributed by atoms with Crippen molar-refractivity contribution in [2.24, 2.45) is 0 Å². The van der Waals surface area contributed by atoms with Crippen LogP contribution >= 0.6 is 0 Å². The molecule has 0 aliphatic carbocycles. The second-order valence-corrected chi connectivity index (χ2v) is 13.3. The van der Waals surface area contributed by atoms with E-state index in [4.69, 9.17) is 9.47 Å². The van der Waals surface area contributed by atoms with Crippen molar-refractivity contribution in [2.75, 3.05) is 13.2 Å². The van der Waals surface area contributed by atoms with Crippen LogP contribution in [0.3, 0.4) is 0 Å². The summed E-state index contributed by atoms with van der Waals surface area (Å²) < 4.78 is 10.6. The van der Waals surface area contributed by atoms with Crippen LogP contribution in [-0.4, -0.2) is 36.4 Å². The van der Waals surface area contributed by atoms with Crippen molar-refractivity contribution in [3.63, 3.8) is 0 Å². The lowest BCUT2D eigenvalue weighted by Gasteiger charge is -2.15. The van der Waals surface area contributed by atoms with Crippen molar-refractivity contribution in [3.05, 3.63) is 72.9 Å². The average molecular weight is 697 g/mol. The fourth-order valence-corrected chi connectivity index (χ4v) is 5.40. The van der Waals surface area contributed by atoms with E-state index in [1.807, 2.05) is 0 Å². The zero-order chi connectivity index (χ0) is 36.4. The highest BCUT2D eigenvalue weighted by Crippen LogP contribution is 2.12. The molecule has 0 saturated carbocycles. The molecule has 1 atom stereocenters. The Morgan fingerprint density at radius 3 is 1.30 bits per heavy atom. The van der Waals surface area contributed by atoms with Crippen LogP contribution in [0.5, 0.6) is 0 Å². The van der Waals surface area contributed by atoms with Crippen LogP contribution in [0.15, 0.2) is 72.9 Å². The highest BCUT2D eigenvalue weighted by atomic mass is 16.6. The Morgan fingerprint density at radius 2 is 0.860 bits per heavy atom. The summed E-state index contributed by atoms with van der Waals surface area (Å²) in [5.41, 5.74) is 0. The summed E-state index contributed by atoms with van der Waals surface area (Å²) >= 11 is 0. The van der Waals surface area contributed by atoms with E-state index < -0.39 is 6.10 Å². The molecule has 286 valence electrons. The number of esters is 2. The zero-order valence-electron chi connectivity index (χ0n) is 32.4. The van der Waals surface area contributed by atoms with E-state index in [1.54, 1.807) is 0 Å². The number of unbranched alkanes of at least 4 members (excludes halogenated alkanes) is 16. The van der Waals surface area contributed by atoms with Crippen molar-refractivity contribution in [1.82, 2.24) is 0 Å². The van der Waals surface area contributed by atoms with Crippen LogP contribution in [-0.2, 0) is 19.1 Å². The first-order valence-electron chi connectivity index (χ1n) is 20.5. The van der Waals surface area contributed by atoms with Crippen molar-refractivity contribution in [3.8, 4) is 0 Å². The summed E-state index contributed by atoms with van der Waals surface area (Å²) in [5, 5.41) is 9.57.